The molecule has 1 amide bonds. The number of H-pyrrole nitrogens is 2. The van der Waals surface area contributed by atoms with Gasteiger partial charge < -0.3 is 25.4 Å². The summed E-state index contributed by atoms with van der Waals surface area (Å²) in [5.74, 6) is 1.87. The molecule has 0 spiro atoms. The normalized spacial score (nSPS) is 20.4. The van der Waals surface area contributed by atoms with E-state index >= 15 is 0 Å². The van der Waals surface area contributed by atoms with Crippen LogP contribution in [-0.4, -0.2) is 62.7 Å². The number of likely N-dealkylation sites (tertiary alicyclic amines) is 1. The van der Waals surface area contributed by atoms with Crippen LogP contribution in [0.1, 0.15) is 63.3 Å². The van der Waals surface area contributed by atoms with Crippen molar-refractivity contribution in [1.29, 1.82) is 0 Å². The molecule has 0 bridgehead atoms. The first kappa shape index (κ1) is 26.5. The fourth-order valence-electron chi connectivity index (χ4n) is 5.86. The Bertz CT molecular complexity index is 1460. The summed E-state index contributed by atoms with van der Waals surface area (Å²) in [4.78, 5) is 32.9. The van der Waals surface area contributed by atoms with Crippen LogP contribution in [0, 0.1) is 5.92 Å². The van der Waals surface area contributed by atoms with E-state index in [-0.39, 0.29) is 23.9 Å². The first-order chi connectivity index (χ1) is 19.4. The Hall–Kier alpha value is -3.69. The molecule has 2 fully saturated rings. The predicted molar refractivity (Wildman–Crippen MR) is 158 cm³/mol. The van der Waals surface area contributed by atoms with Crippen molar-refractivity contribution in [3.8, 4) is 33.6 Å². The maximum atomic E-state index is 12.9. The van der Waals surface area contributed by atoms with Gasteiger partial charge in [0.2, 0.25) is 5.91 Å². The molecule has 9 heteroatoms. The minimum absolute atomic E-state index is 0.00908. The highest BCUT2D eigenvalue weighted by Crippen LogP contribution is 2.34. The van der Waals surface area contributed by atoms with Gasteiger partial charge in [0.05, 0.1) is 41.9 Å². The van der Waals surface area contributed by atoms with Crippen LogP contribution in [0.15, 0.2) is 60.9 Å². The van der Waals surface area contributed by atoms with Gasteiger partial charge >= 0.3 is 0 Å². The molecule has 40 heavy (non-hydrogen) atoms. The van der Waals surface area contributed by atoms with E-state index in [1.807, 2.05) is 36.0 Å². The third-order valence-electron chi connectivity index (χ3n) is 8.38. The largest absolute Gasteiger partial charge is 0.345 e. The minimum atomic E-state index is -0.484. The quantitative estimate of drug-likeness (QED) is 0.290. The second-order valence-electron chi connectivity index (χ2n) is 11.4. The molecule has 2 aromatic heterocycles. The van der Waals surface area contributed by atoms with Crippen LogP contribution in [0.25, 0.3) is 33.6 Å². The molecule has 3 atom stereocenters. The number of nitrogens with one attached hydrogen (secondary N) is 2. The molecule has 2 radical (unpaired) electrons. The first-order valence-electron chi connectivity index (χ1n) is 14.3. The van der Waals surface area contributed by atoms with Crippen molar-refractivity contribution in [3.05, 3.63) is 72.6 Å². The van der Waals surface area contributed by atoms with E-state index in [2.05, 4.69) is 68.5 Å². The third kappa shape index (κ3) is 5.11. The zero-order chi connectivity index (χ0) is 27.8. The Morgan fingerprint density at radius 1 is 0.825 bits per heavy atom. The molecule has 2 aromatic carbocycles. The highest BCUT2D eigenvalue weighted by Gasteiger charge is 2.35. The maximum Gasteiger partial charge on any atom is 0.240 e. The molecule has 0 unspecified atom stereocenters. The van der Waals surface area contributed by atoms with Crippen LogP contribution in [0.5, 0.6) is 0 Å². The number of hydrogen-bond donors (Lipinski definition) is 3. The Kier molecular flexibility index (Phi) is 7.34. The van der Waals surface area contributed by atoms with Crippen LogP contribution in [0.3, 0.4) is 0 Å². The lowest BCUT2D eigenvalue weighted by Crippen LogP contribution is -2.46. The fourth-order valence-corrected chi connectivity index (χ4v) is 5.86. The summed E-state index contributed by atoms with van der Waals surface area (Å²) in [5.41, 5.74) is 12.6. The predicted octanol–water partition coefficient (Wildman–Crippen LogP) is 5.00. The second kappa shape index (κ2) is 11.1. The van der Waals surface area contributed by atoms with Gasteiger partial charge in [0.15, 0.2) is 7.98 Å². The summed E-state index contributed by atoms with van der Waals surface area (Å²) in [6.45, 7) is 5.60. The lowest BCUT2D eigenvalue weighted by Gasteiger charge is -2.27. The number of imidazole rings is 2. The number of carbonyl (C=O) groups excluding carboxylic acids is 1. The van der Waals surface area contributed by atoms with E-state index in [0.29, 0.717) is 0 Å². The van der Waals surface area contributed by atoms with Gasteiger partial charge in [-0.25, -0.2) is 9.97 Å². The maximum absolute atomic E-state index is 12.9. The molecule has 2 saturated heterocycles. The molecular weight excluding hydrogens is 497 g/mol. The average molecular weight is 533 g/mol. The molecule has 4 heterocycles. The molecule has 0 saturated carbocycles. The summed E-state index contributed by atoms with van der Waals surface area (Å²) in [6.07, 6.45) is 7.73. The van der Waals surface area contributed by atoms with Crippen LogP contribution in [0.4, 0.5) is 0 Å². The van der Waals surface area contributed by atoms with E-state index in [0.717, 1.165) is 84.1 Å². The number of hydrogen-bond acceptors (Lipinski definition) is 5. The SMILES string of the molecule is [B]N1CCC[C@@H]1c1ncc(-c2ccc(-c3ccc(-c4cnc([C@@H]5CCCN5C(=O)[C@@H](N)C(C)C)[nH]4)cc3)cc2)[nH]1. The Balaban J connectivity index is 1.14. The zero-order valence-electron chi connectivity index (χ0n) is 23.2. The van der Waals surface area contributed by atoms with E-state index in [9.17, 15) is 4.79 Å². The van der Waals surface area contributed by atoms with Gasteiger partial charge in [-0.15, -0.1) is 0 Å². The number of rotatable bonds is 7. The summed E-state index contributed by atoms with van der Waals surface area (Å²) >= 11 is 0. The van der Waals surface area contributed by atoms with Gasteiger partial charge in [0, 0.05) is 6.54 Å². The number of aromatic nitrogens is 4. The standard InChI is InChI=1S/C31H36BN7O/c1-19(2)28(33)31(40)38-15-3-5-26(38)29-34-17-24(36-29)22-11-7-20(8-12-22)21-9-13-23(14-10-21)25-18-35-30(37-25)27-6-4-16-39(27)32/h7-14,17-19,26-28H,3-6,15-16,33H2,1-2H3,(H,34,36)(H,35,37)/t26-,27+,28-/m0/s1. The molecule has 2 aliphatic rings. The third-order valence-corrected chi connectivity index (χ3v) is 8.38. The number of aromatic amines is 2. The van der Waals surface area contributed by atoms with Crippen molar-refractivity contribution in [3.63, 3.8) is 0 Å². The zero-order valence-corrected chi connectivity index (χ0v) is 23.2. The molecular formula is C31H36BN7O. The van der Waals surface area contributed by atoms with E-state index < -0.39 is 6.04 Å². The summed E-state index contributed by atoms with van der Waals surface area (Å²) in [7, 11) is 6.11. The van der Waals surface area contributed by atoms with Crippen molar-refractivity contribution < 1.29 is 4.79 Å². The highest BCUT2D eigenvalue weighted by atomic mass is 16.2. The lowest BCUT2D eigenvalue weighted by atomic mass is 10.0. The van der Waals surface area contributed by atoms with Crippen LogP contribution < -0.4 is 5.73 Å². The number of carbonyl (C=O) groups is 1. The van der Waals surface area contributed by atoms with Gasteiger partial charge in [0.25, 0.3) is 0 Å². The molecule has 4 aromatic rings. The van der Waals surface area contributed by atoms with Crippen LogP contribution >= 0.6 is 0 Å². The van der Waals surface area contributed by atoms with Crippen molar-refractivity contribution in [1.82, 2.24) is 29.6 Å². The number of amides is 1. The molecule has 0 aliphatic carbocycles. The van der Waals surface area contributed by atoms with Crippen LogP contribution in [-0.2, 0) is 4.79 Å². The molecule has 2 aliphatic heterocycles. The van der Waals surface area contributed by atoms with Gasteiger partial charge in [-0.2, -0.15) is 0 Å². The van der Waals surface area contributed by atoms with E-state index in [1.54, 1.807) is 0 Å². The van der Waals surface area contributed by atoms with Crippen LogP contribution in [0.2, 0.25) is 0 Å². The average Bonchev–Trinajstić information content (AvgIpc) is 3.78. The van der Waals surface area contributed by atoms with E-state index in [4.69, 9.17) is 13.7 Å². The summed E-state index contributed by atoms with van der Waals surface area (Å²) < 4.78 is 0. The van der Waals surface area contributed by atoms with Gasteiger partial charge in [-0.05, 0) is 60.4 Å². The lowest BCUT2D eigenvalue weighted by molar-refractivity contribution is -0.134. The summed E-state index contributed by atoms with van der Waals surface area (Å²) in [5, 5.41) is 0. The number of benzene rings is 2. The Morgan fingerprint density at radius 2 is 1.30 bits per heavy atom. The van der Waals surface area contributed by atoms with Gasteiger partial charge in [0.1, 0.15) is 11.6 Å². The smallest absolute Gasteiger partial charge is 0.240 e. The topological polar surface area (TPSA) is 107 Å². The molecule has 6 rings (SSSR count). The minimum Gasteiger partial charge on any atom is -0.345 e. The van der Waals surface area contributed by atoms with E-state index in [1.165, 1.54) is 0 Å². The van der Waals surface area contributed by atoms with Crippen molar-refractivity contribution in [2.24, 2.45) is 11.7 Å². The van der Waals surface area contributed by atoms with Gasteiger partial charge in [-0.3, -0.25) is 4.79 Å². The fraction of sp³-hybridized carbons (Fsp3) is 0.387. The van der Waals surface area contributed by atoms with Crippen molar-refractivity contribution >= 4 is 13.9 Å². The number of nitrogens with zero attached hydrogens (tertiary/aromatic N) is 4. The second-order valence-corrected chi connectivity index (χ2v) is 11.4. The number of nitrogens with two attached hydrogens (primary N) is 1. The van der Waals surface area contributed by atoms with Crippen molar-refractivity contribution in [2.45, 2.75) is 57.7 Å². The highest BCUT2D eigenvalue weighted by molar-refractivity contribution is 6.04. The Labute approximate surface area is 236 Å². The summed E-state index contributed by atoms with van der Waals surface area (Å²) in [6, 6.07) is 16.6. The van der Waals surface area contributed by atoms with Crippen molar-refractivity contribution in [2.75, 3.05) is 13.1 Å². The first-order valence-corrected chi connectivity index (χ1v) is 14.3. The monoisotopic (exact) mass is 533 g/mol. The molecule has 8 nitrogen and oxygen atoms in total. The Morgan fingerprint density at radius 3 is 1.80 bits per heavy atom. The molecule has 204 valence electrons. The molecule has 4 N–H and O–H groups in total. The van der Waals surface area contributed by atoms with Gasteiger partial charge in [-0.1, -0.05) is 62.4 Å².